The van der Waals surface area contributed by atoms with Crippen LogP contribution in [0.2, 0.25) is 0 Å². The van der Waals surface area contributed by atoms with Gasteiger partial charge in [-0.15, -0.1) is 0 Å². The van der Waals surface area contributed by atoms with Gasteiger partial charge in [-0.3, -0.25) is 0 Å². The highest BCUT2D eigenvalue weighted by Gasteiger charge is 2.12. The lowest BCUT2D eigenvalue weighted by Gasteiger charge is -2.15. The van der Waals surface area contributed by atoms with Gasteiger partial charge in [-0.1, -0.05) is 11.8 Å². The molecule has 0 unspecified atom stereocenters. The molecule has 3 nitrogen and oxygen atoms in total. The zero-order valence-electron chi connectivity index (χ0n) is 7.15. The van der Waals surface area contributed by atoms with E-state index in [2.05, 4.69) is 9.36 Å². The lowest BCUT2D eigenvalue weighted by Crippen LogP contribution is -2.18. The van der Waals surface area contributed by atoms with Crippen molar-refractivity contribution in [3.8, 4) is 0 Å². The second kappa shape index (κ2) is 4.20. The second-order valence-corrected chi connectivity index (χ2v) is 5.24. The first-order valence-electron chi connectivity index (χ1n) is 3.70. The fourth-order valence-electron chi connectivity index (χ4n) is 0.615. The second-order valence-electron chi connectivity index (χ2n) is 3.12. The summed E-state index contributed by atoms with van der Waals surface area (Å²) in [4.78, 5) is 4.02. The van der Waals surface area contributed by atoms with Crippen LogP contribution in [0.15, 0.2) is 10.7 Å². The van der Waals surface area contributed by atoms with Gasteiger partial charge in [0.2, 0.25) is 0 Å². The fourth-order valence-corrected chi connectivity index (χ4v) is 2.38. The van der Waals surface area contributed by atoms with Gasteiger partial charge in [-0.2, -0.15) is 4.37 Å². The first kappa shape index (κ1) is 9.95. The Labute approximate surface area is 80.4 Å². The molecular formula is C7H12N2OS2. The molecule has 0 amide bonds. The molecule has 1 N–H and O–H groups in total. The van der Waals surface area contributed by atoms with E-state index in [1.54, 1.807) is 18.1 Å². The Morgan fingerprint density at radius 3 is 2.92 bits per heavy atom. The highest BCUT2D eigenvalue weighted by atomic mass is 32.2. The van der Waals surface area contributed by atoms with Gasteiger partial charge in [0.1, 0.15) is 6.33 Å². The van der Waals surface area contributed by atoms with Gasteiger partial charge in [0.05, 0.1) is 5.60 Å². The van der Waals surface area contributed by atoms with Crippen molar-refractivity contribution in [1.29, 1.82) is 0 Å². The van der Waals surface area contributed by atoms with Crippen molar-refractivity contribution < 1.29 is 5.11 Å². The Morgan fingerprint density at radius 1 is 1.67 bits per heavy atom. The van der Waals surface area contributed by atoms with Crippen LogP contribution in [0.3, 0.4) is 0 Å². The number of aromatic nitrogens is 2. The molecule has 0 saturated heterocycles. The van der Waals surface area contributed by atoms with Gasteiger partial charge in [0, 0.05) is 5.75 Å². The van der Waals surface area contributed by atoms with Crippen LogP contribution >= 0.6 is 23.3 Å². The summed E-state index contributed by atoms with van der Waals surface area (Å²) < 4.78 is 4.86. The van der Waals surface area contributed by atoms with E-state index in [-0.39, 0.29) is 0 Å². The number of rotatable bonds is 4. The lowest BCUT2D eigenvalue weighted by atomic mass is 10.1. The summed E-state index contributed by atoms with van der Waals surface area (Å²) in [5.74, 6) is 0.888. The van der Waals surface area contributed by atoms with Crippen molar-refractivity contribution in [3.63, 3.8) is 0 Å². The Bertz CT molecular complexity index is 218. The quantitative estimate of drug-likeness (QED) is 0.760. The third kappa shape index (κ3) is 4.04. The average molecular weight is 204 g/mol. The van der Waals surface area contributed by atoms with Crippen molar-refractivity contribution >= 4 is 23.3 Å². The maximum absolute atomic E-state index is 9.40. The highest BCUT2D eigenvalue weighted by Crippen LogP contribution is 2.21. The van der Waals surface area contributed by atoms with Gasteiger partial charge in [0.15, 0.2) is 4.34 Å². The summed E-state index contributed by atoms with van der Waals surface area (Å²) in [5, 5.41) is 9.40. The van der Waals surface area contributed by atoms with Gasteiger partial charge < -0.3 is 5.11 Å². The molecule has 0 spiro atoms. The molecule has 0 aliphatic rings. The first-order chi connectivity index (χ1) is 5.58. The minimum Gasteiger partial charge on any atom is -0.390 e. The van der Waals surface area contributed by atoms with E-state index in [1.807, 2.05) is 13.8 Å². The van der Waals surface area contributed by atoms with Crippen LogP contribution in [0.5, 0.6) is 0 Å². The molecule has 0 atom stereocenters. The van der Waals surface area contributed by atoms with E-state index in [1.165, 1.54) is 11.5 Å². The molecule has 5 heteroatoms. The van der Waals surface area contributed by atoms with Gasteiger partial charge in [-0.05, 0) is 31.8 Å². The molecule has 1 rings (SSSR count). The largest absolute Gasteiger partial charge is 0.390 e. The van der Waals surface area contributed by atoms with Crippen LogP contribution in [0.25, 0.3) is 0 Å². The molecule has 0 aromatic carbocycles. The Morgan fingerprint density at radius 2 is 2.42 bits per heavy atom. The molecular weight excluding hydrogens is 192 g/mol. The molecule has 12 heavy (non-hydrogen) atoms. The van der Waals surface area contributed by atoms with Gasteiger partial charge >= 0.3 is 0 Å². The minimum absolute atomic E-state index is 0.572. The minimum atomic E-state index is -0.572. The molecule has 0 bridgehead atoms. The topological polar surface area (TPSA) is 46.0 Å². The molecule has 1 aromatic heterocycles. The summed E-state index contributed by atoms with van der Waals surface area (Å²) in [7, 11) is 0. The smallest absolute Gasteiger partial charge is 0.169 e. The maximum atomic E-state index is 9.40. The summed E-state index contributed by atoms with van der Waals surface area (Å²) in [6.07, 6.45) is 2.33. The molecule has 0 radical (unpaired) electrons. The van der Waals surface area contributed by atoms with Crippen molar-refractivity contribution in [2.24, 2.45) is 0 Å². The van der Waals surface area contributed by atoms with Crippen LogP contribution in [-0.2, 0) is 0 Å². The Balaban J connectivity index is 2.20. The van der Waals surface area contributed by atoms with Gasteiger partial charge in [-0.25, -0.2) is 4.98 Å². The maximum Gasteiger partial charge on any atom is 0.169 e. The number of hydrogen-bond donors (Lipinski definition) is 1. The zero-order valence-corrected chi connectivity index (χ0v) is 8.78. The Kier molecular flexibility index (Phi) is 3.49. The summed E-state index contributed by atoms with van der Waals surface area (Å²) in [6.45, 7) is 3.63. The predicted molar refractivity (Wildman–Crippen MR) is 51.5 cm³/mol. The van der Waals surface area contributed by atoms with Gasteiger partial charge in [0.25, 0.3) is 0 Å². The molecule has 1 aromatic rings. The van der Waals surface area contributed by atoms with Crippen LogP contribution in [-0.4, -0.2) is 25.8 Å². The molecule has 0 aliphatic heterocycles. The molecule has 1 heterocycles. The van der Waals surface area contributed by atoms with Crippen LogP contribution in [0, 0.1) is 0 Å². The molecule has 0 aliphatic carbocycles. The van der Waals surface area contributed by atoms with Crippen molar-refractivity contribution in [2.75, 3.05) is 5.75 Å². The normalized spacial score (nSPS) is 11.9. The van der Waals surface area contributed by atoms with Crippen molar-refractivity contribution in [2.45, 2.75) is 30.2 Å². The highest BCUT2D eigenvalue weighted by molar-refractivity contribution is 8.00. The molecule has 0 fully saturated rings. The van der Waals surface area contributed by atoms with Crippen LogP contribution in [0.1, 0.15) is 20.3 Å². The van der Waals surface area contributed by atoms with E-state index in [9.17, 15) is 5.11 Å². The predicted octanol–water partition coefficient (Wildman–Crippen LogP) is 1.79. The number of aliphatic hydroxyl groups is 1. The van der Waals surface area contributed by atoms with E-state index in [4.69, 9.17) is 0 Å². The number of hydrogen-bond acceptors (Lipinski definition) is 5. The zero-order chi connectivity index (χ0) is 9.03. The third-order valence-electron chi connectivity index (χ3n) is 1.28. The molecule has 68 valence electrons. The van der Waals surface area contributed by atoms with Crippen LogP contribution in [0.4, 0.5) is 0 Å². The summed E-state index contributed by atoms with van der Waals surface area (Å²) in [6, 6.07) is 0. The van der Waals surface area contributed by atoms with Crippen molar-refractivity contribution in [3.05, 3.63) is 6.33 Å². The lowest BCUT2D eigenvalue weighted by molar-refractivity contribution is 0.0778. The van der Waals surface area contributed by atoms with E-state index in [0.717, 1.165) is 16.5 Å². The van der Waals surface area contributed by atoms with E-state index >= 15 is 0 Å². The summed E-state index contributed by atoms with van der Waals surface area (Å²) >= 11 is 3.03. The fraction of sp³-hybridized carbons (Fsp3) is 0.714. The average Bonchev–Trinajstić information content (AvgIpc) is 2.36. The van der Waals surface area contributed by atoms with Crippen molar-refractivity contribution in [1.82, 2.24) is 9.36 Å². The van der Waals surface area contributed by atoms with E-state index in [0.29, 0.717) is 0 Å². The number of nitrogens with zero attached hydrogens (tertiary/aromatic N) is 2. The monoisotopic (exact) mass is 204 g/mol. The Hall–Kier alpha value is -0.130. The summed E-state index contributed by atoms with van der Waals surface area (Å²) in [5.41, 5.74) is -0.572. The molecule has 0 saturated carbocycles. The standard InChI is InChI=1S/C7H12N2OS2/c1-7(2,10)3-4-11-6-8-5-9-12-6/h5,10H,3-4H2,1-2H3. The SMILES string of the molecule is CC(C)(O)CCSc1ncns1. The van der Waals surface area contributed by atoms with E-state index < -0.39 is 5.60 Å². The number of thioether (sulfide) groups is 1. The first-order valence-corrected chi connectivity index (χ1v) is 5.46. The van der Waals surface area contributed by atoms with Crippen LogP contribution < -0.4 is 0 Å². The third-order valence-corrected chi connectivity index (χ3v) is 3.08.